The lowest BCUT2D eigenvalue weighted by Crippen LogP contribution is -2.41. The number of hydrogen-bond donors (Lipinski definition) is 1. The Labute approximate surface area is 96.0 Å². The molecule has 1 aliphatic heterocycles. The first-order valence-electron chi connectivity index (χ1n) is 5.69. The van der Waals surface area contributed by atoms with Crippen LogP contribution in [-0.2, 0) is 9.47 Å². The molecule has 0 aromatic heterocycles. The van der Waals surface area contributed by atoms with Crippen molar-refractivity contribution in [2.75, 3.05) is 19.8 Å². The quantitative estimate of drug-likeness (QED) is 0.851. The summed E-state index contributed by atoms with van der Waals surface area (Å²) < 4.78 is 11.4. The van der Waals surface area contributed by atoms with Gasteiger partial charge in [-0.15, -0.1) is 0 Å². The Morgan fingerprint density at radius 1 is 1.25 bits per heavy atom. The van der Waals surface area contributed by atoms with E-state index in [0.717, 1.165) is 12.0 Å². The number of benzene rings is 1. The first-order valence-corrected chi connectivity index (χ1v) is 5.69. The number of rotatable bonds is 3. The molecule has 3 nitrogen and oxygen atoms in total. The lowest BCUT2D eigenvalue weighted by molar-refractivity contribution is -0.241. The van der Waals surface area contributed by atoms with Gasteiger partial charge in [0.1, 0.15) is 0 Å². The molecular formula is C13H18O3. The molecule has 1 fully saturated rings. The highest BCUT2D eigenvalue weighted by Gasteiger charge is 2.35. The molecule has 88 valence electrons. The molecule has 1 aliphatic rings. The van der Waals surface area contributed by atoms with Gasteiger partial charge in [0.15, 0.2) is 6.29 Å². The first-order chi connectivity index (χ1) is 7.79. The predicted molar refractivity (Wildman–Crippen MR) is 60.9 cm³/mol. The van der Waals surface area contributed by atoms with Crippen LogP contribution in [0.1, 0.15) is 25.2 Å². The van der Waals surface area contributed by atoms with E-state index in [4.69, 9.17) is 9.47 Å². The molecule has 0 atom stereocenters. The molecule has 0 saturated carbocycles. The summed E-state index contributed by atoms with van der Waals surface area (Å²) in [6.07, 6.45) is 0.581. The number of ether oxygens (including phenoxy) is 2. The SMILES string of the molecule is CCC1(CO)COC(c2ccccc2)OC1. The van der Waals surface area contributed by atoms with E-state index in [-0.39, 0.29) is 18.3 Å². The highest BCUT2D eigenvalue weighted by molar-refractivity contribution is 5.16. The van der Waals surface area contributed by atoms with Crippen LogP contribution in [0.15, 0.2) is 30.3 Å². The van der Waals surface area contributed by atoms with Gasteiger partial charge in [0.25, 0.3) is 0 Å². The molecule has 0 amide bonds. The summed E-state index contributed by atoms with van der Waals surface area (Å²) in [5.74, 6) is 0. The topological polar surface area (TPSA) is 38.7 Å². The summed E-state index contributed by atoms with van der Waals surface area (Å²) in [4.78, 5) is 0. The van der Waals surface area contributed by atoms with Crippen molar-refractivity contribution in [1.29, 1.82) is 0 Å². The van der Waals surface area contributed by atoms with Crippen molar-refractivity contribution >= 4 is 0 Å². The van der Waals surface area contributed by atoms with Crippen molar-refractivity contribution in [2.45, 2.75) is 19.6 Å². The fourth-order valence-electron chi connectivity index (χ4n) is 1.80. The van der Waals surface area contributed by atoms with Crippen LogP contribution in [0.3, 0.4) is 0 Å². The Morgan fingerprint density at radius 3 is 2.38 bits per heavy atom. The Hall–Kier alpha value is -0.900. The van der Waals surface area contributed by atoms with Crippen LogP contribution < -0.4 is 0 Å². The number of aliphatic hydroxyl groups excluding tert-OH is 1. The maximum absolute atomic E-state index is 9.34. The Morgan fingerprint density at radius 2 is 1.88 bits per heavy atom. The standard InChI is InChI=1S/C13H18O3/c1-2-13(8-14)9-15-12(16-10-13)11-6-4-3-5-7-11/h3-7,12,14H,2,8-10H2,1H3. The third kappa shape index (κ3) is 2.26. The van der Waals surface area contributed by atoms with E-state index in [1.165, 1.54) is 0 Å². The summed E-state index contributed by atoms with van der Waals surface area (Å²) in [5.41, 5.74) is 0.816. The fourth-order valence-corrected chi connectivity index (χ4v) is 1.80. The first kappa shape index (κ1) is 11.6. The lowest BCUT2D eigenvalue weighted by atomic mass is 9.87. The van der Waals surface area contributed by atoms with Crippen LogP contribution in [-0.4, -0.2) is 24.9 Å². The molecule has 0 bridgehead atoms. The van der Waals surface area contributed by atoms with Gasteiger partial charge in [0.2, 0.25) is 0 Å². The van der Waals surface area contributed by atoms with Gasteiger partial charge in [-0.1, -0.05) is 37.3 Å². The Balaban J connectivity index is 2.00. The average molecular weight is 222 g/mol. The molecule has 0 spiro atoms. The van der Waals surface area contributed by atoms with Crippen molar-refractivity contribution in [3.05, 3.63) is 35.9 Å². The van der Waals surface area contributed by atoms with Crippen LogP contribution in [0, 0.1) is 5.41 Å². The van der Waals surface area contributed by atoms with Crippen molar-refractivity contribution in [1.82, 2.24) is 0 Å². The molecule has 2 rings (SSSR count). The minimum atomic E-state index is -0.285. The van der Waals surface area contributed by atoms with Crippen molar-refractivity contribution < 1.29 is 14.6 Å². The number of aliphatic hydroxyl groups is 1. The van der Waals surface area contributed by atoms with E-state index >= 15 is 0 Å². The van der Waals surface area contributed by atoms with Crippen LogP contribution in [0.5, 0.6) is 0 Å². The van der Waals surface area contributed by atoms with Crippen LogP contribution in [0.2, 0.25) is 0 Å². The molecule has 1 aromatic rings. The molecule has 1 heterocycles. The summed E-state index contributed by atoms with van der Waals surface area (Å²) in [7, 11) is 0. The van der Waals surface area contributed by atoms with E-state index in [0.29, 0.717) is 13.2 Å². The molecular weight excluding hydrogens is 204 g/mol. The molecule has 1 saturated heterocycles. The van der Waals surface area contributed by atoms with Crippen molar-refractivity contribution in [3.63, 3.8) is 0 Å². The van der Waals surface area contributed by atoms with E-state index in [9.17, 15) is 5.11 Å². The zero-order valence-corrected chi connectivity index (χ0v) is 9.56. The second-order valence-corrected chi connectivity index (χ2v) is 4.38. The minimum Gasteiger partial charge on any atom is -0.396 e. The van der Waals surface area contributed by atoms with Gasteiger partial charge in [0.05, 0.1) is 19.8 Å². The predicted octanol–water partition coefficient (Wildman–Crippen LogP) is 2.12. The van der Waals surface area contributed by atoms with Crippen LogP contribution in [0.25, 0.3) is 0 Å². The highest BCUT2D eigenvalue weighted by Crippen LogP contribution is 2.33. The summed E-state index contributed by atoms with van der Waals surface area (Å²) in [6.45, 7) is 3.27. The van der Waals surface area contributed by atoms with Crippen LogP contribution >= 0.6 is 0 Å². The largest absolute Gasteiger partial charge is 0.396 e. The lowest BCUT2D eigenvalue weighted by Gasteiger charge is -2.38. The molecule has 0 aliphatic carbocycles. The van der Waals surface area contributed by atoms with Gasteiger partial charge >= 0.3 is 0 Å². The molecule has 1 aromatic carbocycles. The fraction of sp³-hybridized carbons (Fsp3) is 0.538. The average Bonchev–Trinajstić information content (AvgIpc) is 2.40. The molecule has 3 heteroatoms. The van der Waals surface area contributed by atoms with E-state index in [1.807, 2.05) is 37.3 Å². The Kier molecular flexibility index (Phi) is 3.59. The Bertz CT molecular complexity index is 309. The second-order valence-electron chi connectivity index (χ2n) is 4.38. The smallest absolute Gasteiger partial charge is 0.183 e. The monoisotopic (exact) mass is 222 g/mol. The third-order valence-electron chi connectivity index (χ3n) is 3.24. The van der Waals surface area contributed by atoms with E-state index in [2.05, 4.69) is 0 Å². The van der Waals surface area contributed by atoms with Gasteiger partial charge in [-0.25, -0.2) is 0 Å². The van der Waals surface area contributed by atoms with Gasteiger partial charge < -0.3 is 14.6 Å². The minimum absolute atomic E-state index is 0.116. The summed E-state index contributed by atoms with van der Waals surface area (Å²) in [6, 6.07) is 9.88. The maximum atomic E-state index is 9.34. The van der Waals surface area contributed by atoms with E-state index < -0.39 is 0 Å². The van der Waals surface area contributed by atoms with Crippen molar-refractivity contribution in [2.24, 2.45) is 5.41 Å². The zero-order valence-electron chi connectivity index (χ0n) is 9.56. The molecule has 1 N–H and O–H groups in total. The van der Waals surface area contributed by atoms with Gasteiger partial charge in [-0.05, 0) is 6.42 Å². The van der Waals surface area contributed by atoms with Gasteiger partial charge in [-0.3, -0.25) is 0 Å². The third-order valence-corrected chi connectivity index (χ3v) is 3.24. The summed E-state index contributed by atoms with van der Waals surface area (Å²) >= 11 is 0. The van der Waals surface area contributed by atoms with Crippen molar-refractivity contribution in [3.8, 4) is 0 Å². The van der Waals surface area contributed by atoms with Gasteiger partial charge in [0, 0.05) is 11.0 Å². The molecule has 0 radical (unpaired) electrons. The van der Waals surface area contributed by atoms with Crippen LogP contribution in [0.4, 0.5) is 0 Å². The summed E-state index contributed by atoms with van der Waals surface area (Å²) in [5, 5.41) is 9.34. The molecule has 0 unspecified atom stereocenters. The van der Waals surface area contributed by atoms with E-state index in [1.54, 1.807) is 0 Å². The molecule has 16 heavy (non-hydrogen) atoms. The normalized spacial score (nSPS) is 30.2. The second kappa shape index (κ2) is 4.95. The zero-order chi connectivity index (χ0) is 11.4. The highest BCUT2D eigenvalue weighted by atomic mass is 16.7. The maximum Gasteiger partial charge on any atom is 0.183 e. The van der Waals surface area contributed by atoms with Gasteiger partial charge in [-0.2, -0.15) is 0 Å². The number of hydrogen-bond acceptors (Lipinski definition) is 3.